The lowest BCUT2D eigenvalue weighted by Crippen LogP contribution is -2.34. The van der Waals surface area contributed by atoms with Crippen LogP contribution in [0.1, 0.15) is 73.9 Å². The Morgan fingerprint density at radius 2 is 0.915 bits per heavy atom. The number of nitriles is 2. The van der Waals surface area contributed by atoms with Gasteiger partial charge in [0.05, 0.1) is 89.6 Å². The van der Waals surface area contributed by atoms with Gasteiger partial charge in [-0.3, -0.25) is 63.5 Å². The Hall–Kier alpha value is -17.3. The highest BCUT2D eigenvalue weighted by Gasteiger charge is 2.38. The standard InChI is InChI=1S/C25H16ClN7O.C24H17ClN6O.C20H22N4.C18H11ClN6S.C18H15ClN6/c1-33-11-9-19(32-33)23-22(17-12-16-8-5-10-28-21(16)18(26)13-17)29-20(14-27)24(30-23)31-25(34)15-6-3-2-4-7-15;1-31-11-9-19(30-31)23-22(17-12-16-8-5-10-26-21(16)18(25)13-17)27-14-20(28-23)29-24(32)15-6-3-2-4-7-15;1-13-10-16(11-15-8-5-9-22-18(13)15)19-20(24-17(21)12-23-19)14-6-3-2-4-7-14;1-9-8-23-18(26-9)16-15(24-13(7-20)17(21)25-16)11-5-10-3-2-4-22-14(10)12(19)6-11;1-10-3-5-21-17-12(10)7-11(8-13(17)19)16-18(23-15(20)9-22-16)14-4-6-25(2)24-14/h2-13H,1H3,(H,30,31,34);2-14H,1H3,(H,28,29,32);2-9,12-13,15-16,18H,10-11H2,1H3,(H2,21,24);2-6,8H,1H3,(H2,21,25);3-9H,1-2H3,(H2,20,23). The Balaban J connectivity index is 0.000000117. The zero-order chi connectivity index (χ0) is 98.1. The molecular formula is C105H81Cl4N29O2S. The molecule has 1 saturated carbocycles. The Morgan fingerprint density at radius 1 is 0.440 bits per heavy atom. The minimum Gasteiger partial charge on any atom is -0.382 e. The Morgan fingerprint density at radius 3 is 1.45 bits per heavy atom. The smallest absolute Gasteiger partial charge is 0.256 e. The highest BCUT2D eigenvalue weighted by Crippen LogP contribution is 2.46. The van der Waals surface area contributed by atoms with Crippen molar-refractivity contribution in [3.63, 3.8) is 0 Å². The number of carbonyl (C=O) groups is 2. The van der Waals surface area contributed by atoms with E-state index in [2.05, 4.69) is 132 Å². The van der Waals surface area contributed by atoms with Gasteiger partial charge in [-0.2, -0.15) is 25.8 Å². The first-order valence-electron chi connectivity index (χ1n) is 44.0. The summed E-state index contributed by atoms with van der Waals surface area (Å²) < 4.78 is 5.04. The molecule has 20 aromatic rings. The summed E-state index contributed by atoms with van der Waals surface area (Å²) in [6.07, 6.45) is 27.3. The molecule has 0 saturated heterocycles. The molecule has 141 heavy (non-hydrogen) atoms. The lowest BCUT2D eigenvalue weighted by molar-refractivity contribution is 0.101. The van der Waals surface area contributed by atoms with Crippen molar-refractivity contribution < 1.29 is 9.59 Å². The maximum Gasteiger partial charge on any atom is 0.256 e. The van der Waals surface area contributed by atoms with E-state index in [4.69, 9.17) is 68.6 Å². The number of hydrogen-bond donors (Lipinski definition) is 5. The van der Waals surface area contributed by atoms with Gasteiger partial charge >= 0.3 is 0 Å². The van der Waals surface area contributed by atoms with E-state index < -0.39 is 5.91 Å². The number of allylic oxidation sites excluding steroid dienone is 1. The number of anilines is 5. The monoisotopic (exact) mass is 1950 g/mol. The molecule has 0 radical (unpaired) electrons. The van der Waals surface area contributed by atoms with Crippen LogP contribution in [0.2, 0.25) is 20.1 Å². The number of pyridine rings is 4. The molecule has 2 aliphatic rings. The summed E-state index contributed by atoms with van der Waals surface area (Å²) in [7, 11) is 5.47. The summed E-state index contributed by atoms with van der Waals surface area (Å²) in [5, 5.41) is 44.3. The molecule has 7 aromatic carbocycles. The van der Waals surface area contributed by atoms with Gasteiger partial charge in [0.2, 0.25) is 0 Å². The van der Waals surface area contributed by atoms with E-state index in [1.54, 1.807) is 131 Å². The fraction of sp³-hybridized carbons (Fsp3) is 0.114. The zero-order valence-corrected chi connectivity index (χ0v) is 79.9. The maximum atomic E-state index is 12.7. The molecule has 1 fully saturated rings. The number of halogens is 4. The van der Waals surface area contributed by atoms with Gasteiger partial charge in [-0.25, -0.2) is 39.9 Å². The molecule has 36 heteroatoms. The van der Waals surface area contributed by atoms with Crippen LogP contribution < -0.4 is 27.8 Å². The van der Waals surface area contributed by atoms with Gasteiger partial charge in [-0.05, 0) is 160 Å². The predicted octanol–water partition coefficient (Wildman–Crippen LogP) is 21.6. The van der Waals surface area contributed by atoms with Crippen LogP contribution in [-0.2, 0) is 21.1 Å². The third-order valence-corrected chi connectivity index (χ3v) is 25.2. The number of rotatable bonds is 14. The molecule has 14 heterocycles. The van der Waals surface area contributed by atoms with Gasteiger partial charge in [-0.1, -0.05) is 144 Å². The number of amides is 2. The molecule has 4 unspecified atom stereocenters. The summed E-state index contributed by atoms with van der Waals surface area (Å²) in [5.41, 5.74) is 34.9. The SMILES string of the molecule is CC1CC(c2ncc(N)nc2-c2ccccc2)CC2C=CC=NC12.Cc1ccnc2c(Cl)cc(-c3ncc(N)nc3-c3ccn(C)n3)cc12.Cc1cnc(-c2nc(N)c(C#N)nc2-c2cc(Cl)c3ncccc3c2)s1.Cn1ccc(-c2nc(NC(=O)c3ccccc3)c(C#N)nc2-c2cc(Cl)c3ncccc3c2)n1.Cn1ccc(-c2nc(NC(=O)c3ccccc3)cnc2-c2cc(Cl)c3ncccc3c2)n1. The van der Waals surface area contributed by atoms with Crippen LogP contribution in [0.3, 0.4) is 0 Å². The second kappa shape index (κ2) is 41.7. The molecule has 22 rings (SSSR count). The number of nitrogens with two attached hydrogens (primary N) is 3. The van der Waals surface area contributed by atoms with Gasteiger partial charge < -0.3 is 27.8 Å². The second-order valence-corrected chi connectivity index (χ2v) is 35.8. The lowest BCUT2D eigenvalue weighted by Gasteiger charge is -2.38. The van der Waals surface area contributed by atoms with Crippen molar-refractivity contribution in [2.24, 2.45) is 38.0 Å². The first kappa shape index (κ1) is 94.1. The number of carbonyl (C=O) groups excluding carboxylic acids is 2. The average Bonchev–Trinajstić information content (AvgIpc) is 1.53. The van der Waals surface area contributed by atoms with Crippen molar-refractivity contribution in [1.82, 2.24) is 104 Å². The molecule has 692 valence electrons. The summed E-state index contributed by atoms with van der Waals surface area (Å²) in [6, 6.07) is 66.0. The highest BCUT2D eigenvalue weighted by molar-refractivity contribution is 7.15. The normalized spacial score (nSPS) is 13.9. The number of aliphatic imine (C=N–C) groups is 1. The van der Waals surface area contributed by atoms with Gasteiger partial charge in [0.15, 0.2) is 28.8 Å². The van der Waals surface area contributed by atoms with Crippen LogP contribution in [0.4, 0.5) is 29.1 Å². The molecular weight excluding hydrogens is 1870 g/mol. The number of dihydropyridines is 1. The molecule has 1 aliphatic heterocycles. The van der Waals surface area contributed by atoms with Crippen molar-refractivity contribution in [2.45, 2.75) is 45.6 Å². The Labute approximate surface area is 830 Å². The van der Waals surface area contributed by atoms with Gasteiger partial charge in [0.25, 0.3) is 11.8 Å². The minimum absolute atomic E-state index is 0.0265. The molecule has 8 N–H and O–H groups in total. The summed E-state index contributed by atoms with van der Waals surface area (Å²) in [4.78, 5) is 98.4. The molecule has 0 bridgehead atoms. The number of hydrogen-bond acceptors (Lipinski definition) is 27. The Bertz CT molecular complexity index is 8330. The van der Waals surface area contributed by atoms with Crippen LogP contribution in [0.25, 0.3) is 145 Å². The first-order valence-corrected chi connectivity index (χ1v) is 46.4. The molecule has 4 atom stereocenters. The second-order valence-electron chi connectivity index (χ2n) is 32.9. The van der Waals surface area contributed by atoms with Gasteiger partial charge in [0, 0.05) is 154 Å². The molecule has 1 aliphatic carbocycles. The molecule has 0 spiro atoms. The third kappa shape index (κ3) is 21.0. The van der Waals surface area contributed by atoms with Crippen molar-refractivity contribution in [2.75, 3.05) is 27.8 Å². The first-order chi connectivity index (χ1) is 68.4. The number of nitrogens with one attached hydrogen (secondary N) is 2. The summed E-state index contributed by atoms with van der Waals surface area (Å²) in [6.45, 7) is 6.28. The molecule has 2 amide bonds. The fourth-order valence-electron chi connectivity index (χ4n) is 16.6. The maximum absolute atomic E-state index is 12.7. The van der Waals surface area contributed by atoms with Crippen molar-refractivity contribution in [1.29, 1.82) is 10.5 Å². The molecule has 13 aromatic heterocycles. The number of benzene rings is 7. The van der Waals surface area contributed by atoms with Crippen LogP contribution in [-0.4, -0.2) is 128 Å². The van der Waals surface area contributed by atoms with Crippen molar-refractivity contribution in [3.8, 4) is 113 Å². The molecule has 31 nitrogen and oxygen atoms in total. The minimum atomic E-state index is -0.397. The number of aromatic nitrogens is 21. The predicted molar refractivity (Wildman–Crippen MR) is 553 cm³/mol. The van der Waals surface area contributed by atoms with E-state index in [0.717, 1.165) is 89.5 Å². The van der Waals surface area contributed by atoms with E-state index in [0.29, 0.717) is 157 Å². The largest absolute Gasteiger partial charge is 0.382 e. The van der Waals surface area contributed by atoms with E-state index in [1.807, 2.05) is 180 Å². The van der Waals surface area contributed by atoms with Crippen LogP contribution >= 0.6 is 57.7 Å². The van der Waals surface area contributed by atoms with Gasteiger partial charge in [0.1, 0.15) is 80.0 Å². The van der Waals surface area contributed by atoms with E-state index >= 15 is 0 Å². The van der Waals surface area contributed by atoms with Crippen molar-refractivity contribution >= 4 is 148 Å². The topological polar surface area (TPSA) is 443 Å². The number of nitrogens with zero attached hydrogens (tertiary/aromatic N) is 24. The third-order valence-electron chi connectivity index (χ3n) is 23.1. The number of nitrogen functional groups attached to an aromatic ring is 3. The fourth-order valence-corrected chi connectivity index (χ4v) is 18.4. The van der Waals surface area contributed by atoms with Gasteiger partial charge in [-0.15, -0.1) is 11.3 Å². The van der Waals surface area contributed by atoms with E-state index in [-0.39, 0.29) is 28.9 Å². The van der Waals surface area contributed by atoms with Crippen LogP contribution in [0.15, 0.2) is 285 Å². The number of thiazole rings is 1. The van der Waals surface area contributed by atoms with E-state index in [9.17, 15) is 20.1 Å². The lowest BCUT2D eigenvalue weighted by atomic mass is 9.70. The van der Waals surface area contributed by atoms with Crippen LogP contribution in [0.5, 0.6) is 0 Å². The zero-order valence-electron chi connectivity index (χ0n) is 76.1. The number of fused-ring (bicyclic) bond motifs is 5. The Kier molecular flexibility index (Phi) is 27.9. The van der Waals surface area contributed by atoms with Crippen molar-refractivity contribution in [3.05, 3.63) is 339 Å². The van der Waals surface area contributed by atoms with Crippen LogP contribution in [0, 0.1) is 48.3 Å². The summed E-state index contributed by atoms with van der Waals surface area (Å²) >= 11 is 27.3. The average molecular weight is 1950 g/mol. The quantitative estimate of drug-likeness (QED) is 0.0675. The summed E-state index contributed by atoms with van der Waals surface area (Å²) in [5.74, 6) is 2.03. The number of aryl methyl sites for hydroxylation is 5. The highest BCUT2D eigenvalue weighted by atomic mass is 35.5. The van der Waals surface area contributed by atoms with E-state index in [1.165, 1.54) is 23.7 Å².